The van der Waals surface area contributed by atoms with Crippen LogP contribution < -0.4 is 10.1 Å². The fourth-order valence-corrected chi connectivity index (χ4v) is 4.07. The number of amides is 1. The zero-order valence-electron chi connectivity index (χ0n) is 16.9. The summed E-state index contributed by atoms with van der Waals surface area (Å²) in [6.45, 7) is 5.24. The monoisotopic (exact) mass is 386 g/mol. The number of carbonyl (C=O) groups is 1. The first-order valence-electron chi connectivity index (χ1n) is 10.1. The SMILES string of the molecule is CCOc1ccc(C2(CC)Nc3ccccc3C(=O)N2Cc2ccccc2)cc1. The highest BCUT2D eigenvalue weighted by molar-refractivity contribution is 6.02. The predicted octanol–water partition coefficient (Wildman–Crippen LogP) is 5.42. The fourth-order valence-electron chi connectivity index (χ4n) is 4.07. The van der Waals surface area contributed by atoms with Gasteiger partial charge in [0.05, 0.1) is 12.2 Å². The van der Waals surface area contributed by atoms with Gasteiger partial charge in [-0.1, -0.05) is 61.5 Å². The Morgan fingerprint density at radius 1 is 0.897 bits per heavy atom. The first-order valence-corrected chi connectivity index (χ1v) is 10.1. The van der Waals surface area contributed by atoms with Crippen LogP contribution in [0.15, 0.2) is 78.9 Å². The number of nitrogens with zero attached hydrogens (tertiary/aromatic N) is 1. The molecule has 1 heterocycles. The van der Waals surface area contributed by atoms with Gasteiger partial charge in [0.1, 0.15) is 11.4 Å². The molecule has 0 spiro atoms. The molecule has 1 N–H and O–H groups in total. The molecule has 4 heteroatoms. The Morgan fingerprint density at radius 3 is 2.28 bits per heavy atom. The third-order valence-electron chi connectivity index (χ3n) is 5.54. The summed E-state index contributed by atoms with van der Waals surface area (Å²) in [7, 11) is 0. The van der Waals surface area contributed by atoms with E-state index in [-0.39, 0.29) is 5.91 Å². The number of hydrogen-bond donors (Lipinski definition) is 1. The van der Waals surface area contributed by atoms with Crippen molar-refractivity contribution in [2.75, 3.05) is 11.9 Å². The molecule has 0 aliphatic carbocycles. The second-order valence-electron chi connectivity index (χ2n) is 7.22. The van der Waals surface area contributed by atoms with Crippen LogP contribution in [0.25, 0.3) is 0 Å². The quantitative estimate of drug-likeness (QED) is 0.615. The molecule has 148 valence electrons. The van der Waals surface area contributed by atoms with E-state index < -0.39 is 5.66 Å². The average molecular weight is 386 g/mol. The van der Waals surface area contributed by atoms with Gasteiger partial charge in [-0.25, -0.2) is 0 Å². The maximum absolute atomic E-state index is 13.6. The Balaban J connectivity index is 1.82. The zero-order valence-corrected chi connectivity index (χ0v) is 16.9. The van der Waals surface area contributed by atoms with E-state index in [1.54, 1.807) is 0 Å². The van der Waals surface area contributed by atoms with Crippen molar-refractivity contribution in [3.05, 3.63) is 95.6 Å². The van der Waals surface area contributed by atoms with Crippen LogP contribution in [0.1, 0.15) is 41.8 Å². The summed E-state index contributed by atoms with van der Waals surface area (Å²) >= 11 is 0. The maximum atomic E-state index is 13.6. The first kappa shape index (κ1) is 19.1. The van der Waals surface area contributed by atoms with E-state index in [0.29, 0.717) is 18.7 Å². The summed E-state index contributed by atoms with van der Waals surface area (Å²) in [4.78, 5) is 15.6. The maximum Gasteiger partial charge on any atom is 0.258 e. The number of carbonyl (C=O) groups excluding carboxylic acids is 1. The van der Waals surface area contributed by atoms with Crippen LogP contribution in [0.4, 0.5) is 5.69 Å². The van der Waals surface area contributed by atoms with Crippen molar-refractivity contribution in [1.82, 2.24) is 4.90 Å². The third kappa shape index (κ3) is 3.46. The molecule has 0 radical (unpaired) electrons. The number of rotatable bonds is 6. The Bertz CT molecular complexity index is 985. The summed E-state index contributed by atoms with van der Waals surface area (Å²) < 4.78 is 5.61. The van der Waals surface area contributed by atoms with Gasteiger partial charge in [-0.2, -0.15) is 0 Å². The minimum atomic E-state index is -0.633. The fraction of sp³-hybridized carbons (Fsp3) is 0.240. The van der Waals surface area contributed by atoms with E-state index in [1.807, 2.05) is 66.4 Å². The summed E-state index contributed by atoms with van der Waals surface area (Å²) in [5.74, 6) is 0.874. The van der Waals surface area contributed by atoms with Crippen LogP contribution in [-0.2, 0) is 12.2 Å². The van der Waals surface area contributed by atoms with Crippen LogP contribution in [0.3, 0.4) is 0 Å². The highest BCUT2D eigenvalue weighted by Crippen LogP contribution is 2.41. The van der Waals surface area contributed by atoms with Gasteiger partial charge >= 0.3 is 0 Å². The molecule has 3 aromatic carbocycles. The molecule has 0 saturated heterocycles. The second kappa shape index (κ2) is 8.00. The molecule has 0 aromatic heterocycles. The Kier molecular flexibility index (Phi) is 5.26. The normalized spacial score (nSPS) is 18.1. The lowest BCUT2D eigenvalue weighted by atomic mass is 9.89. The topological polar surface area (TPSA) is 41.6 Å². The molecule has 0 saturated carbocycles. The summed E-state index contributed by atoms with van der Waals surface area (Å²) in [5, 5.41) is 3.69. The van der Waals surface area contributed by atoms with E-state index in [1.165, 1.54) is 0 Å². The highest BCUT2D eigenvalue weighted by Gasteiger charge is 2.44. The van der Waals surface area contributed by atoms with Gasteiger partial charge in [-0.15, -0.1) is 0 Å². The van der Waals surface area contributed by atoms with Crippen LogP contribution in [-0.4, -0.2) is 17.4 Å². The van der Waals surface area contributed by atoms with E-state index in [4.69, 9.17) is 4.74 Å². The van der Waals surface area contributed by atoms with Crippen molar-refractivity contribution in [3.63, 3.8) is 0 Å². The number of anilines is 1. The zero-order chi connectivity index (χ0) is 20.3. The van der Waals surface area contributed by atoms with Gasteiger partial charge in [0.15, 0.2) is 0 Å². The molecule has 4 rings (SSSR count). The van der Waals surface area contributed by atoms with Gasteiger partial charge in [-0.3, -0.25) is 4.79 Å². The van der Waals surface area contributed by atoms with Crippen molar-refractivity contribution >= 4 is 11.6 Å². The van der Waals surface area contributed by atoms with Crippen LogP contribution in [0, 0.1) is 0 Å². The van der Waals surface area contributed by atoms with E-state index in [9.17, 15) is 4.79 Å². The summed E-state index contributed by atoms with van der Waals surface area (Å²) in [6.07, 6.45) is 0.730. The minimum Gasteiger partial charge on any atom is -0.494 e. The van der Waals surface area contributed by atoms with E-state index in [0.717, 1.165) is 29.0 Å². The van der Waals surface area contributed by atoms with Crippen LogP contribution in [0.2, 0.25) is 0 Å². The molecular weight excluding hydrogens is 360 g/mol. The molecule has 3 aromatic rings. The van der Waals surface area contributed by atoms with E-state index in [2.05, 4.69) is 36.5 Å². The summed E-state index contributed by atoms with van der Waals surface area (Å²) in [5.41, 5.74) is 3.09. The standard InChI is InChI=1S/C25H26N2O2/c1-3-25(20-14-16-21(17-15-20)29-4-2)26-23-13-9-8-12-22(23)24(28)27(25)18-19-10-6-5-7-11-19/h5-17,26H,3-4,18H2,1-2H3. The molecule has 0 bridgehead atoms. The van der Waals surface area contributed by atoms with E-state index >= 15 is 0 Å². The largest absolute Gasteiger partial charge is 0.494 e. The van der Waals surface area contributed by atoms with Gasteiger partial charge in [-0.05, 0) is 48.7 Å². The molecule has 1 aliphatic rings. The van der Waals surface area contributed by atoms with Crippen LogP contribution in [0.5, 0.6) is 5.75 Å². The Labute approximate surface area is 172 Å². The average Bonchev–Trinajstić information content (AvgIpc) is 2.77. The Hall–Kier alpha value is -3.27. The highest BCUT2D eigenvalue weighted by atomic mass is 16.5. The minimum absolute atomic E-state index is 0.0407. The molecule has 0 fully saturated rings. The lowest BCUT2D eigenvalue weighted by Gasteiger charge is -2.48. The van der Waals surface area contributed by atoms with Gasteiger partial charge in [0.25, 0.3) is 5.91 Å². The third-order valence-corrected chi connectivity index (χ3v) is 5.54. The Morgan fingerprint density at radius 2 is 1.59 bits per heavy atom. The number of nitrogens with one attached hydrogen (secondary N) is 1. The van der Waals surface area contributed by atoms with Crippen molar-refractivity contribution < 1.29 is 9.53 Å². The van der Waals surface area contributed by atoms with Crippen LogP contribution >= 0.6 is 0 Å². The van der Waals surface area contributed by atoms with Crippen molar-refractivity contribution in [2.24, 2.45) is 0 Å². The lowest BCUT2D eigenvalue weighted by Crippen LogP contribution is -2.56. The number of fused-ring (bicyclic) bond motifs is 1. The number of ether oxygens (including phenoxy) is 1. The smallest absolute Gasteiger partial charge is 0.258 e. The van der Waals surface area contributed by atoms with Gasteiger partial charge < -0.3 is 15.0 Å². The molecule has 1 amide bonds. The number of hydrogen-bond acceptors (Lipinski definition) is 3. The molecule has 1 unspecified atom stereocenters. The second-order valence-corrected chi connectivity index (χ2v) is 7.22. The molecule has 1 atom stereocenters. The predicted molar refractivity (Wildman–Crippen MR) is 116 cm³/mol. The van der Waals surface area contributed by atoms with Crippen molar-refractivity contribution in [2.45, 2.75) is 32.5 Å². The molecule has 4 nitrogen and oxygen atoms in total. The molecular formula is C25H26N2O2. The van der Waals surface area contributed by atoms with Gasteiger partial charge in [0.2, 0.25) is 0 Å². The lowest BCUT2D eigenvalue weighted by molar-refractivity contribution is 0.0454. The molecule has 29 heavy (non-hydrogen) atoms. The number of para-hydroxylation sites is 1. The first-order chi connectivity index (χ1) is 14.2. The van der Waals surface area contributed by atoms with Gasteiger partial charge in [0, 0.05) is 12.2 Å². The molecule has 1 aliphatic heterocycles. The summed E-state index contributed by atoms with van der Waals surface area (Å²) in [6, 6.07) is 25.9. The van der Waals surface area contributed by atoms with Crippen molar-refractivity contribution in [1.29, 1.82) is 0 Å². The number of benzene rings is 3. The van der Waals surface area contributed by atoms with Crippen molar-refractivity contribution in [3.8, 4) is 5.75 Å².